The number of rotatable bonds is 7. The number of hydrogen-bond donors (Lipinski definition) is 1. The molecule has 4 nitrogen and oxygen atoms in total. The van der Waals surface area contributed by atoms with Gasteiger partial charge in [-0.15, -0.1) is 0 Å². The maximum atomic E-state index is 12.5. The molecule has 0 aromatic rings. The number of ether oxygens (including phenoxy) is 1. The van der Waals surface area contributed by atoms with E-state index in [1.54, 1.807) is 26.0 Å². The zero-order chi connectivity index (χ0) is 21.8. The molecule has 2 aliphatic rings. The van der Waals surface area contributed by atoms with Crippen molar-refractivity contribution in [2.75, 3.05) is 0 Å². The highest BCUT2D eigenvalue weighted by Crippen LogP contribution is 2.52. The van der Waals surface area contributed by atoms with Gasteiger partial charge in [0, 0.05) is 6.42 Å². The second-order valence-electron chi connectivity index (χ2n) is 9.02. The van der Waals surface area contributed by atoms with E-state index in [4.69, 9.17) is 4.74 Å². The van der Waals surface area contributed by atoms with Crippen molar-refractivity contribution in [3.05, 3.63) is 47.1 Å². The van der Waals surface area contributed by atoms with Crippen LogP contribution in [0, 0.1) is 11.3 Å². The number of aliphatic hydroxyl groups is 1. The molecule has 29 heavy (non-hydrogen) atoms. The first-order chi connectivity index (χ1) is 13.6. The van der Waals surface area contributed by atoms with Gasteiger partial charge >= 0.3 is 0 Å². The van der Waals surface area contributed by atoms with Gasteiger partial charge in [-0.1, -0.05) is 49.3 Å². The summed E-state index contributed by atoms with van der Waals surface area (Å²) < 4.78 is 6.19. The number of ketones is 2. The Morgan fingerprint density at radius 1 is 1.34 bits per heavy atom. The SMILES string of the molecule is CC(C)=C1CC2(C)C(=CCC(OC(C)C(=O)C=CC=CCC(C)O)C2C)CC1=O. The Balaban J connectivity index is 2.05. The average Bonchev–Trinajstić information content (AvgIpc) is 2.64. The van der Waals surface area contributed by atoms with Crippen LogP contribution in [0.5, 0.6) is 0 Å². The standard InChI is InChI=1S/C25H36O4/c1-16(2)21-15-25(6)18(4)24(13-12-20(25)14-23(21)28)29-19(5)22(27)11-9-7-8-10-17(3)26/h7-9,11-12,17-19,24,26H,10,13-15H2,1-6H3. The largest absolute Gasteiger partial charge is 0.393 e. The number of hydrogen-bond acceptors (Lipinski definition) is 4. The molecule has 5 atom stereocenters. The van der Waals surface area contributed by atoms with E-state index in [1.165, 1.54) is 11.6 Å². The van der Waals surface area contributed by atoms with E-state index in [0.717, 1.165) is 24.0 Å². The second-order valence-corrected chi connectivity index (χ2v) is 9.02. The summed E-state index contributed by atoms with van der Waals surface area (Å²) in [5, 5.41) is 9.23. The summed E-state index contributed by atoms with van der Waals surface area (Å²) in [6.45, 7) is 12.0. The average molecular weight is 401 g/mol. The molecule has 5 unspecified atom stereocenters. The molecule has 0 aromatic carbocycles. The number of fused-ring (bicyclic) bond motifs is 1. The molecule has 1 N–H and O–H groups in total. The minimum Gasteiger partial charge on any atom is -0.393 e. The molecule has 160 valence electrons. The normalized spacial score (nSPS) is 29.7. The van der Waals surface area contributed by atoms with Crippen LogP contribution in [0.3, 0.4) is 0 Å². The first-order valence-electron chi connectivity index (χ1n) is 10.7. The Kier molecular flexibility index (Phi) is 7.95. The molecule has 1 saturated carbocycles. The molecule has 0 aromatic heterocycles. The molecule has 0 aliphatic heterocycles. The van der Waals surface area contributed by atoms with Crippen molar-refractivity contribution in [3.8, 4) is 0 Å². The Hall–Kier alpha value is -1.78. The van der Waals surface area contributed by atoms with E-state index in [9.17, 15) is 14.7 Å². The Morgan fingerprint density at radius 2 is 2.03 bits per heavy atom. The zero-order valence-corrected chi connectivity index (χ0v) is 18.7. The molecule has 0 saturated heterocycles. The van der Waals surface area contributed by atoms with E-state index in [1.807, 2.05) is 19.9 Å². The third kappa shape index (κ3) is 5.64. The van der Waals surface area contributed by atoms with Crippen LogP contribution in [-0.2, 0) is 14.3 Å². The summed E-state index contributed by atoms with van der Waals surface area (Å²) in [5.41, 5.74) is 3.17. The van der Waals surface area contributed by atoms with E-state index in [-0.39, 0.29) is 35.1 Å². The summed E-state index contributed by atoms with van der Waals surface area (Å²) in [4.78, 5) is 24.9. The molecule has 0 amide bonds. The molecule has 0 radical (unpaired) electrons. The fourth-order valence-electron chi connectivity index (χ4n) is 4.29. The van der Waals surface area contributed by atoms with Crippen LogP contribution < -0.4 is 0 Å². The predicted octanol–water partition coefficient (Wildman–Crippen LogP) is 4.88. The van der Waals surface area contributed by atoms with Crippen LogP contribution >= 0.6 is 0 Å². The number of allylic oxidation sites excluding steroid dienone is 5. The lowest BCUT2D eigenvalue weighted by Gasteiger charge is -2.48. The van der Waals surface area contributed by atoms with Crippen LogP contribution in [-0.4, -0.2) is 35.0 Å². The second kappa shape index (κ2) is 9.82. The summed E-state index contributed by atoms with van der Waals surface area (Å²) in [6, 6.07) is 0. The van der Waals surface area contributed by atoms with E-state index in [2.05, 4.69) is 19.9 Å². The molecular formula is C25H36O4. The molecular weight excluding hydrogens is 364 g/mol. The highest BCUT2D eigenvalue weighted by molar-refractivity contribution is 5.99. The van der Waals surface area contributed by atoms with E-state index < -0.39 is 6.10 Å². The van der Waals surface area contributed by atoms with Gasteiger partial charge in [0.25, 0.3) is 0 Å². The van der Waals surface area contributed by atoms with Gasteiger partial charge in [-0.25, -0.2) is 0 Å². The van der Waals surface area contributed by atoms with Crippen LogP contribution in [0.1, 0.15) is 67.2 Å². The van der Waals surface area contributed by atoms with Gasteiger partial charge in [-0.2, -0.15) is 0 Å². The molecule has 1 fully saturated rings. The molecule has 0 spiro atoms. The van der Waals surface area contributed by atoms with E-state index in [0.29, 0.717) is 12.8 Å². The highest BCUT2D eigenvalue weighted by atomic mass is 16.5. The van der Waals surface area contributed by atoms with Crippen molar-refractivity contribution in [2.24, 2.45) is 11.3 Å². The maximum absolute atomic E-state index is 12.5. The summed E-state index contributed by atoms with van der Waals surface area (Å²) in [7, 11) is 0. The van der Waals surface area contributed by atoms with E-state index >= 15 is 0 Å². The van der Waals surface area contributed by atoms with Gasteiger partial charge in [0.1, 0.15) is 6.10 Å². The summed E-state index contributed by atoms with van der Waals surface area (Å²) in [6.07, 6.45) is 10.6. The van der Waals surface area contributed by atoms with Crippen LogP contribution in [0.15, 0.2) is 47.1 Å². The zero-order valence-electron chi connectivity index (χ0n) is 18.7. The smallest absolute Gasteiger partial charge is 0.184 e. The molecule has 0 bridgehead atoms. The Morgan fingerprint density at radius 3 is 2.66 bits per heavy atom. The lowest BCUT2D eigenvalue weighted by Crippen LogP contribution is -2.45. The van der Waals surface area contributed by atoms with Crippen molar-refractivity contribution >= 4 is 11.6 Å². The minimum absolute atomic E-state index is 0.0477. The van der Waals surface area contributed by atoms with Gasteiger partial charge in [0.15, 0.2) is 11.6 Å². The van der Waals surface area contributed by atoms with Crippen molar-refractivity contribution in [2.45, 2.75) is 85.5 Å². The molecule has 2 rings (SSSR count). The maximum Gasteiger partial charge on any atom is 0.184 e. The molecule has 0 heterocycles. The fourth-order valence-corrected chi connectivity index (χ4v) is 4.29. The highest BCUT2D eigenvalue weighted by Gasteiger charge is 2.47. The van der Waals surface area contributed by atoms with Gasteiger partial charge < -0.3 is 9.84 Å². The number of aliphatic hydroxyl groups excluding tert-OH is 1. The Bertz CT molecular complexity index is 749. The fraction of sp³-hybridized carbons (Fsp3) is 0.600. The lowest BCUT2D eigenvalue weighted by atomic mass is 9.58. The van der Waals surface area contributed by atoms with Crippen LogP contribution in [0.4, 0.5) is 0 Å². The first-order valence-corrected chi connectivity index (χ1v) is 10.7. The van der Waals surface area contributed by atoms with Gasteiger partial charge in [0.05, 0.1) is 12.2 Å². The topological polar surface area (TPSA) is 63.6 Å². The Labute approximate surface area is 175 Å². The van der Waals surface area contributed by atoms with Gasteiger partial charge in [-0.3, -0.25) is 9.59 Å². The van der Waals surface area contributed by atoms with Crippen LogP contribution in [0.25, 0.3) is 0 Å². The van der Waals surface area contributed by atoms with Crippen molar-refractivity contribution in [1.82, 2.24) is 0 Å². The number of Topliss-reactive ketones (excluding diaryl/α,β-unsaturated/α-hetero) is 1. The monoisotopic (exact) mass is 400 g/mol. The van der Waals surface area contributed by atoms with Crippen molar-refractivity contribution < 1.29 is 19.4 Å². The van der Waals surface area contributed by atoms with Gasteiger partial charge in [0.2, 0.25) is 0 Å². The molecule has 4 heteroatoms. The third-order valence-electron chi connectivity index (χ3n) is 6.49. The van der Waals surface area contributed by atoms with Gasteiger partial charge in [-0.05, 0) is 69.9 Å². The predicted molar refractivity (Wildman–Crippen MR) is 117 cm³/mol. The molecule has 2 aliphatic carbocycles. The quantitative estimate of drug-likeness (QED) is 0.376. The van der Waals surface area contributed by atoms with Crippen molar-refractivity contribution in [1.29, 1.82) is 0 Å². The lowest BCUT2D eigenvalue weighted by molar-refractivity contribution is -0.133. The summed E-state index contributed by atoms with van der Waals surface area (Å²) in [5.74, 6) is 0.398. The van der Waals surface area contributed by atoms with Crippen molar-refractivity contribution in [3.63, 3.8) is 0 Å². The minimum atomic E-state index is -0.518. The number of carbonyl (C=O) groups excluding carboxylic acids is 2. The third-order valence-corrected chi connectivity index (χ3v) is 6.49. The van der Waals surface area contributed by atoms with Crippen LogP contribution in [0.2, 0.25) is 0 Å². The first kappa shape index (κ1) is 23.5. The number of carbonyl (C=O) groups is 2. The summed E-state index contributed by atoms with van der Waals surface area (Å²) >= 11 is 0.